The van der Waals surface area contributed by atoms with E-state index in [2.05, 4.69) is 0 Å². The van der Waals surface area contributed by atoms with Crippen LogP contribution in [0.1, 0.15) is 18.6 Å². The minimum Gasteiger partial charge on any atom is -0.504 e. The number of hydrogen-bond donors (Lipinski definition) is 3. The normalized spacial score (nSPS) is 12.4. The summed E-state index contributed by atoms with van der Waals surface area (Å²) in [5.41, 5.74) is -0.458. The third-order valence-corrected chi connectivity index (χ3v) is 1.77. The van der Waals surface area contributed by atoms with E-state index in [1.807, 2.05) is 0 Å². The quantitative estimate of drug-likeness (QED) is 0.375. The van der Waals surface area contributed by atoms with Crippen LogP contribution in [0.2, 0.25) is 0 Å². The van der Waals surface area contributed by atoms with Gasteiger partial charge in [-0.25, -0.2) is 0 Å². The molecule has 76 valence electrons. The van der Waals surface area contributed by atoms with Gasteiger partial charge in [0.25, 0.3) is 5.69 Å². The first kappa shape index (κ1) is 10.3. The molecule has 1 unspecified atom stereocenters. The number of phenols is 2. The molecular weight excluding hydrogens is 190 g/mol. The van der Waals surface area contributed by atoms with Crippen molar-refractivity contribution in [3.63, 3.8) is 0 Å². The average Bonchev–Trinajstić information content (AvgIpc) is 2.08. The fraction of sp³-hybridized carbons (Fsp3) is 0.250. The van der Waals surface area contributed by atoms with Gasteiger partial charge in [-0.15, -0.1) is 0 Å². The lowest BCUT2D eigenvalue weighted by Gasteiger charge is -2.07. The second kappa shape index (κ2) is 3.51. The predicted molar refractivity (Wildman–Crippen MR) is 47.1 cm³/mol. The van der Waals surface area contributed by atoms with E-state index in [1.54, 1.807) is 0 Å². The van der Waals surface area contributed by atoms with Crippen LogP contribution in [0.5, 0.6) is 11.5 Å². The summed E-state index contributed by atoms with van der Waals surface area (Å²) in [5.74, 6) is -1.08. The molecule has 6 heteroatoms. The Balaban J connectivity index is 3.39. The molecule has 1 aromatic carbocycles. The Labute approximate surface area is 79.2 Å². The minimum atomic E-state index is -1.08. The number of phenolic OH excluding ortho intramolecular Hbond substituents is 2. The van der Waals surface area contributed by atoms with E-state index in [9.17, 15) is 15.2 Å². The van der Waals surface area contributed by atoms with E-state index in [-0.39, 0.29) is 5.56 Å². The first-order valence-corrected chi connectivity index (χ1v) is 3.81. The maximum Gasteiger partial charge on any atom is 0.279 e. The van der Waals surface area contributed by atoms with Gasteiger partial charge in [0.15, 0.2) is 11.5 Å². The van der Waals surface area contributed by atoms with E-state index >= 15 is 0 Å². The van der Waals surface area contributed by atoms with E-state index in [0.717, 1.165) is 12.1 Å². The zero-order valence-electron chi connectivity index (χ0n) is 7.34. The molecule has 0 saturated carbocycles. The first-order chi connectivity index (χ1) is 6.43. The molecule has 0 saturated heterocycles. The Bertz CT molecular complexity index is 374. The van der Waals surface area contributed by atoms with Crippen molar-refractivity contribution in [3.8, 4) is 11.5 Å². The van der Waals surface area contributed by atoms with Gasteiger partial charge in [0.2, 0.25) is 0 Å². The van der Waals surface area contributed by atoms with Crippen molar-refractivity contribution in [2.75, 3.05) is 0 Å². The average molecular weight is 199 g/mol. The summed E-state index contributed by atoms with van der Waals surface area (Å²) in [4.78, 5) is 9.76. The molecule has 1 rings (SSSR count). The zero-order chi connectivity index (χ0) is 10.9. The van der Waals surface area contributed by atoms with Crippen LogP contribution in [0.25, 0.3) is 0 Å². The Morgan fingerprint density at radius 1 is 1.36 bits per heavy atom. The maximum absolute atomic E-state index is 10.5. The predicted octanol–water partition coefficient (Wildman–Crippen LogP) is 1.06. The molecule has 0 fully saturated rings. The van der Waals surface area contributed by atoms with Gasteiger partial charge in [0.05, 0.1) is 22.7 Å². The van der Waals surface area contributed by atoms with Gasteiger partial charge in [-0.1, -0.05) is 0 Å². The minimum absolute atomic E-state index is 0.0368. The van der Waals surface area contributed by atoms with Crippen LogP contribution >= 0.6 is 0 Å². The summed E-state index contributed by atoms with van der Waals surface area (Å²) in [5, 5.41) is 37.8. The monoisotopic (exact) mass is 199 g/mol. The lowest BCUT2D eigenvalue weighted by atomic mass is 10.1. The highest BCUT2D eigenvalue weighted by atomic mass is 16.6. The molecule has 1 aromatic rings. The van der Waals surface area contributed by atoms with E-state index in [1.165, 1.54) is 6.92 Å². The Morgan fingerprint density at radius 3 is 2.29 bits per heavy atom. The van der Waals surface area contributed by atoms with Gasteiger partial charge in [0.1, 0.15) is 0 Å². The largest absolute Gasteiger partial charge is 0.504 e. The second-order valence-electron chi connectivity index (χ2n) is 2.83. The third-order valence-electron chi connectivity index (χ3n) is 1.77. The SMILES string of the molecule is CC(O)c1cc(O)c(O)cc1[N+](=O)[O-]. The Morgan fingerprint density at radius 2 is 1.86 bits per heavy atom. The van der Waals surface area contributed by atoms with Gasteiger partial charge in [-0.3, -0.25) is 10.1 Å². The molecule has 0 aliphatic carbocycles. The number of aliphatic hydroxyl groups is 1. The summed E-state index contributed by atoms with van der Waals surface area (Å²) < 4.78 is 0. The van der Waals surface area contributed by atoms with Gasteiger partial charge in [0, 0.05) is 0 Å². The number of nitrogens with zero attached hydrogens (tertiary/aromatic N) is 1. The molecule has 0 aliphatic rings. The highest BCUT2D eigenvalue weighted by Gasteiger charge is 2.20. The van der Waals surface area contributed by atoms with Crippen LogP contribution in [0, 0.1) is 10.1 Å². The van der Waals surface area contributed by atoms with Crippen molar-refractivity contribution < 1.29 is 20.2 Å². The number of nitro benzene ring substituents is 1. The van der Waals surface area contributed by atoms with Crippen molar-refractivity contribution in [1.29, 1.82) is 0 Å². The van der Waals surface area contributed by atoms with Crippen molar-refractivity contribution in [2.24, 2.45) is 0 Å². The Kier molecular flexibility index (Phi) is 2.57. The lowest BCUT2D eigenvalue weighted by Crippen LogP contribution is -1.98. The van der Waals surface area contributed by atoms with Crippen LogP contribution in [0.4, 0.5) is 5.69 Å². The second-order valence-corrected chi connectivity index (χ2v) is 2.83. The van der Waals surface area contributed by atoms with Crippen LogP contribution in [0.15, 0.2) is 12.1 Å². The molecule has 1 atom stereocenters. The number of rotatable bonds is 2. The van der Waals surface area contributed by atoms with E-state index in [4.69, 9.17) is 10.2 Å². The highest BCUT2D eigenvalue weighted by molar-refractivity contribution is 5.53. The van der Waals surface area contributed by atoms with E-state index < -0.39 is 28.2 Å². The third kappa shape index (κ3) is 1.74. The summed E-state index contributed by atoms with van der Waals surface area (Å²) in [6.45, 7) is 1.33. The standard InChI is InChI=1S/C8H9NO5/c1-4(10)5-2-7(11)8(12)3-6(5)9(13)14/h2-4,10-12H,1H3. The topological polar surface area (TPSA) is 104 Å². The Hall–Kier alpha value is -1.82. The van der Waals surface area contributed by atoms with Crippen LogP contribution < -0.4 is 0 Å². The zero-order valence-corrected chi connectivity index (χ0v) is 7.34. The molecule has 0 heterocycles. The molecule has 0 aliphatic heterocycles. The van der Waals surface area contributed by atoms with Crippen LogP contribution in [0.3, 0.4) is 0 Å². The van der Waals surface area contributed by atoms with E-state index in [0.29, 0.717) is 0 Å². The van der Waals surface area contributed by atoms with Crippen molar-refractivity contribution in [1.82, 2.24) is 0 Å². The van der Waals surface area contributed by atoms with Crippen molar-refractivity contribution in [3.05, 3.63) is 27.8 Å². The molecule has 0 spiro atoms. The molecule has 0 radical (unpaired) electrons. The fourth-order valence-electron chi connectivity index (χ4n) is 1.07. The molecule has 0 bridgehead atoms. The number of hydrogen-bond acceptors (Lipinski definition) is 5. The molecule has 3 N–H and O–H groups in total. The smallest absolute Gasteiger partial charge is 0.279 e. The van der Waals surface area contributed by atoms with Crippen molar-refractivity contribution >= 4 is 5.69 Å². The maximum atomic E-state index is 10.5. The summed E-state index contributed by atoms with van der Waals surface area (Å²) in [6.07, 6.45) is -1.08. The van der Waals surface area contributed by atoms with Crippen molar-refractivity contribution in [2.45, 2.75) is 13.0 Å². The van der Waals surface area contributed by atoms with Gasteiger partial charge < -0.3 is 15.3 Å². The first-order valence-electron chi connectivity index (χ1n) is 3.81. The summed E-state index contributed by atoms with van der Waals surface area (Å²) >= 11 is 0. The number of nitro groups is 1. The molecule has 0 aromatic heterocycles. The highest BCUT2D eigenvalue weighted by Crippen LogP contribution is 2.35. The molecular formula is C8H9NO5. The molecule has 6 nitrogen and oxygen atoms in total. The number of benzene rings is 1. The van der Waals surface area contributed by atoms with Crippen LogP contribution in [-0.4, -0.2) is 20.2 Å². The van der Waals surface area contributed by atoms with Gasteiger partial charge >= 0.3 is 0 Å². The van der Waals surface area contributed by atoms with Gasteiger partial charge in [-0.2, -0.15) is 0 Å². The number of aliphatic hydroxyl groups excluding tert-OH is 1. The lowest BCUT2D eigenvalue weighted by molar-refractivity contribution is -0.386. The number of aromatic hydroxyl groups is 2. The molecule has 14 heavy (non-hydrogen) atoms. The fourth-order valence-corrected chi connectivity index (χ4v) is 1.07. The van der Waals surface area contributed by atoms with Gasteiger partial charge in [-0.05, 0) is 13.0 Å². The molecule has 0 amide bonds. The summed E-state index contributed by atoms with van der Waals surface area (Å²) in [6, 6.07) is 1.77. The van der Waals surface area contributed by atoms with Crippen LogP contribution in [-0.2, 0) is 0 Å². The summed E-state index contributed by atoms with van der Waals surface area (Å²) in [7, 11) is 0.